The van der Waals surface area contributed by atoms with E-state index < -0.39 is 0 Å². The van der Waals surface area contributed by atoms with Crippen molar-refractivity contribution in [2.45, 2.75) is 33.9 Å². The van der Waals surface area contributed by atoms with Crippen LogP contribution >= 0.6 is 0 Å². The van der Waals surface area contributed by atoms with Gasteiger partial charge in [-0.25, -0.2) is 0 Å². The Morgan fingerprint density at radius 2 is 2.17 bits per heavy atom. The Morgan fingerprint density at radius 3 is 2.83 bits per heavy atom. The van der Waals surface area contributed by atoms with Crippen molar-refractivity contribution in [3.63, 3.8) is 0 Å². The summed E-state index contributed by atoms with van der Waals surface area (Å²) in [6, 6.07) is 4.04. The van der Waals surface area contributed by atoms with Crippen molar-refractivity contribution in [3.05, 3.63) is 47.0 Å². The normalized spacial score (nSPS) is 10.8. The van der Waals surface area contributed by atoms with Gasteiger partial charge in [0.2, 0.25) is 0 Å². The highest BCUT2D eigenvalue weighted by atomic mass is 15.3. The minimum atomic E-state index is 0.784. The molecule has 0 saturated heterocycles. The second-order valence-electron chi connectivity index (χ2n) is 4.45. The van der Waals surface area contributed by atoms with Gasteiger partial charge in [0.25, 0.3) is 0 Å². The monoisotopic (exact) mass is 244 g/mol. The van der Waals surface area contributed by atoms with Gasteiger partial charge in [-0.15, -0.1) is 0 Å². The molecule has 0 saturated carbocycles. The van der Waals surface area contributed by atoms with E-state index in [0.29, 0.717) is 0 Å². The standard InChI is InChI=1S/C14H20N4/c1-4-15-9-14-11(2)17-18(12(14)3)10-13-6-5-7-16-8-13/h5-8,15H,4,9-10H2,1-3H3. The van der Waals surface area contributed by atoms with E-state index in [1.807, 2.05) is 12.3 Å². The number of nitrogens with zero attached hydrogens (tertiary/aromatic N) is 3. The molecule has 0 aliphatic rings. The average molecular weight is 244 g/mol. The van der Waals surface area contributed by atoms with Crippen molar-refractivity contribution < 1.29 is 0 Å². The van der Waals surface area contributed by atoms with Crippen molar-refractivity contribution >= 4 is 0 Å². The quantitative estimate of drug-likeness (QED) is 0.875. The summed E-state index contributed by atoms with van der Waals surface area (Å²) in [4.78, 5) is 4.14. The Labute approximate surface area is 108 Å². The highest BCUT2D eigenvalue weighted by Gasteiger charge is 2.10. The van der Waals surface area contributed by atoms with Crippen LogP contribution in [0.3, 0.4) is 0 Å². The molecule has 1 N–H and O–H groups in total. The number of aryl methyl sites for hydroxylation is 1. The lowest BCUT2D eigenvalue weighted by atomic mass is 10.2. The van der Waals surface area contributed by atoms with Crippen LogP contribution < -0.4 is 5.32 Å². The molecule has 0 aliphatic carbocycles. The van der Waals surface area contributed by atoms with Crippen LogP contribution in [0.4, 0.5) is 0 Å². The van der Waals surface area contributed by atoms with Crippen LogP contribution in [0.15, 0.2) is 24.5 Å². The summed E-state index contributed by atoms with van der Waals surface area (Å²) in [7, 11) is 0. The molecule has 0 amide bonds. The molecule has 0 aliphatic heterocycles. The molecule has 2 rings (SSSR count). The summed E-state index contributed by atoms with van der Waals surface area (Å²) in [6.07, 6.45) is 3.68. The Kier molecular flexibility index (Phi) is 4.10. The largest absolute Gasteiger partial charge is 0.313 e. The third-order valence-electron chi connectivity index (χ3n) is 3.14. The van der Waals surface area contributed by atoms with Crippen LogP contribution in [0, 0.1) is 13.8 Å². The first kappa shape index (κ1) is 12.8. The van der Waals surface area contributed by atoms with E-state index in [1.54, 1.807) is 6.20 Å². The first-order valence-corrected chi connectivity index (χ1v) is 6.35. The zero-order valence-corrected chi connectivity index (χ0v) is 11.3. The molecule has 0 bridgehead atoms. The van der Waals surface area contributed by atoms with Gasteiger partial charge in [-0.05, 0) is 32.0 Å². The number of rotatable bonds is 5. The van der Waals surface area contributed by atoms with Crippen LogP contribution in [-0.2, 0) is 13.1 Å². The Balaban J connectivity index is 2.19. The van der Waals surface area contributed by atoms with E-state index in [9.17, 15) is 0 Å². The summed E-state index contributed by atoms with van der Waals surface area (Å²) in [6.45, 7) is 8.97. The Morgan fingerprint density at radius 1 is 1.33 bits per heavy atom. The molecule has 2 aromatic heterocycles. The summed E-state index contributed by atoms with van der Waals surface area (Å²) in [5.74, 6) is 0. The van der Waals surface area contributed by atoms with E-state index in [1.165, 1.54) is 16.8 Å². The second kappa shape index (κ2) is 5.78. The summed E-state index contributed by atoms with van der Waals surface area (Å²) in [5.41, 5.74) is 4.83. The molecule has 4 heteroatoms. The fourth-order valence-corrected chi connectivity index (χ4v) is 2.06. The van der Waals surface area contributed by atoms with Gasteiger partial charge in [-0.2, -0.15) is 5.10 Å². The maximum Gasteiger partial charge on any atom is 0.0677 e. The van der Waals surface area contributed by atoms with Gasteiger partial charge >= 0.3 is 0 Å². The van der Waals surface area contributed by atoms with E-state index >= 15 is 0 Å². The van der Waals surface area contributed by atoms with Gasteiger partial charge in [0.1, 0.15) is 0 Å². The molecule has 2 aromatic rings. The maximum absolute atomic E-state index is 4.61. The average Bonchev–Trinajstić information content (AvgIpc) is 2.64. The van der Waals surface area contributed by atoms with Crippen LogP contribution in [0.25, 0.3) is 0 Å². The Hall–Kier alpha value is -1.68. The van der Waals surface area contributed by atoms with Crippen LogP contribution in [0.5, 0.6) is 0 Å². The number of hydrogen-bond acceptors (Lipinski definition) is 3. The summed E-state index contributed by atoms with van der Waals surface area (Å²) in [5, 5.41) is 7.96. The smallest absolute Gasteiger partial charge is 0.0677 e. The highest BCUT2D eigenvalue weighted by Crippen LogP contribution is 2.14. The molecule has 0 atom stereocenters. The molecule has 96 valence electrons. The van der Waals surface area contributed by atoms with Crippen molar-refractivity contribution in [1.29, 1.82) is 0 Å². The van der Waals surface area contributed by atoms with Crippen LogP contribution in [0.2, 0.25) is 0 Å². The number of hydrogen-bond donors (Lipinski definition) is 1. The number of nitrogens with one attached hydrogen (secondary N) is 1. The predicted octanol–water partition coefficient (Wildman–Crippen LogP) is 2.05. The molecule has 0 radical (unpaired) electrons. The molecule has 0 unspecified atom stereocenters. The van der Waals surface area contributed by atoms with E-state index in [4.69, 9.17) is 0 Å². The second-order valence-corrected chi connectivity index (χ2v) is 4.45. The fourth-order valence-electron chi connectivity index (χ4n) is 2.06. The van der Waals surface area contributed by atoms with Crippen molar-refractivity contribution in [1.82, 2.24) is 20.1 Å². The van der Waals surface area contributed by atoms with Gasteiger partial charge in [0, 0.05) is 30.2 Å². The topological polar surface area (TPSA) is 42.7 Å². The molecular formula is C14H20N4. The molecule has 2 heterocycles. The van der Waals surface area contributed by atoms with Crippen molar-refractivity contribution in [2.24, 2.45) is 0 Å². The molecular weight excluding hydrogens is 224 g/mol. The summed E-state index contributed by atoms with van der Waals surface area (Å²) >= 11 is 0. The molecule has 4 nitrogen and oxygen atoms in total. The Bertz CT molecular complexity index is 502. The first-order valence-electron chi connectivity index (χ1n) is 6.35. The fraction of sp³-hybridized carbons (Fsp3) is 0.429. The van der Waals surface area contributed by atoms with Gasteiger partial charge < -0.3 is 5.32 Å². The minimum absolute atomic E-state index is 0.784. The summed E-state index contributed by atoms with van der Waals surface area (Å²) < 4.78 is 2.05. The van der Waals surface area contributed by atoms with E-state index in [0.717, 1.165) is 25.3 Å². The number of aromatic nitrogens is 3. The van der Waals surface area contributed by atoms with Gasteiger partial charge in [-0.3, -0.25) is 9.67 Å². The SMILES string of the molecule is CCNCc1c(C)nn(Cc2cccnc2)c1C. The minimum Gasteiger partial charge on any atom is -0.313 e. The molecule has 18 heavy (non-hydrogen) atoms. The van der Waals surface area contributed by atoms with Crippen LogP contribution in [0.1, 0.15) is 29.4 Å². The highest BCUT2D eigenvalue weighted by molar-refractivity contribution is 5.25. The molecule has 0 spiro atoms. The van der Waals surface area contributed by atoms with E-state index in [-0.39, 0.29) is 0 Å². The third kappa shape index (κ3) is 2.76. The lowest BCUT2D eigenvalue weighted by molar-refractivity contribution is 0.654. The van der Waals surface area contributed by atoms with E-state index in [2.05, 4.69) is 46.9 Å². The predicted molar refractivity (Wildman–Crippen MR) is 72.4 cm³/mol. The van der Waals surface area contributed by atoms with Gasteiger partial charge in [0.05, 0.1) is 12.2 Å². The van der Waals surface area contributed by atoms with Gasteiger partial charge in [0.15, 0.2) is 0 Å². The van der Waals surface area contributed by atoms with Crippen molar-refractivity contribution in [2.75, 3.05) is 6.54 Å². The molecule has 0 aromatic carbocycles. The maximum atomic E-state index is 4.61. The lowest BCUT2D eigenvalue weighted by Gasteiger charge is -2.05. The van der Waals surface area contributed by atoms with Gasteiger partial charge in [-0.1, -0.05) is 13.0 Å². The van der Waals surface area contributed by atoms with Crippen molar-refractivity contribution in [3.8, 4) is 0 Å². The third-order valence-corrected chi connectivity index (χ3v) is 3.14. The van der Waals surface area contributed by atoms with Crippen LogP contribution in [-0.4, -0.2) is 21.3 Å². The number of pyridine rings is 1. The zero-order valence-electron chi connectivity index (χ0n) is 11.3. The first-order chi connectivity index (χ1) is 8.72. The zero-order chi connectivity index (χ0) is 13.0. The lowest BCUT2D eigenvalue weighted by Crippen LogP contribution is -2.13. The molecule has 0 fully saturated rings.